The molecule has 0 amide bonds. The summed E-state index contributed by atoms with van der Waals surface area (Å²) in [5.74, 6) is 1.00. The molecule has 2 heterocycles. The van der Waals surface area contributed by atoms with Crippen molar-refractivity contribution in [2.75, 3.05) is 0 Å². The standard InChI is InChI=1S/C21H26N4O/c1-12-9-13(2)20(16(5)19(12)17(6)26)21-22-7-8-25(21)15(4)11-18-10-14(3)23-24-18/h7-10,15H,11H2,1-6H3,(H,23,24). The lowest BCUT2D eigenvalue weighted by molar-refractivity contribution is 0.101. The number of nitrogens with zero attached hydrogens (tertiary/aromatic N) is 3. The maximum absolute atomic E-state index is 12.1. The fraction of sp³-hybridized carbons (Fsp3) is 0.381. The lowest BCUT2D eigenvalue weighted by Crippen LogP contribution is -2.12. The number of hydrogen-bond acceptors (Lipinski definition) is 3. The highest BCUT2D eigenvalue weighted by Gasteiger charge is 2.20. The third-order valence-electron chi connectivity index (χ3n) is 4.95. The van der Waals surface area contributed by atoms with Gasteiger partial charge in [-0.3, -0.25) is 9.89 Å². The summed E-state index contributed by atoms with van der Waals surface area (Å²) in [5, 5.41) is 7.35. The number of hydrogen-bond donors (Lipinski definition) is 1. The van der Waals surface area contributed by atoms with Gasteiger partial charge in [-0.1, -0.05) is 6.07 Å². The Morgan fingerprint density at radius 2 is 1.92 bits per heavy atom. The lowest BCUT2D eigenvalue weighted by Gasteiger charge is -2.20. The van der Waals surface area contributed by atoms with Crippen LogP contribution in [0.3, 0.4) is 0 Å². The van der Waals surface area contributed by atoms with Gasteiger partial charge in [0.25, 0.3) is 0 Å². The molecule has 0 aliphatic carbocycles. The summed E-state index contributed by atoms with van der Waals surface area (Å²) in [6, 6.07) is 4.36. The van der Waals surface area contributed by atoms with Crippen molar-refractivity contribution in [2.45, 2.75) is 54.0 Å². The number of aryl methyl sites for hydroxylation is 3. The highest BCUT2D eigenvalue weighted by atomic mass is 16.1. The van der Waals surface area contributed by atoms with Crippen LogP contribution in [-0.2, 0) is 6.42 Å². The number of carbonyl (C=O) groups is 1. The first-order valence-corrected chi connectivity index (χ1v) is 8.95. The number of Topliss-reactive ketones (excluding diaryl/α,β-unsaturated/α-hetero) is 1. The number of imidazole rings is 1. The van der Waals surface area contributed by atoms with E-state index in [1.807, 2.05) is 33.2 Å². The predicted molar refractivity (Wildman–Crippen MR) is 104 cm³/mol. The smallest absolute Gasteiger partial charge is 0.160 e. The molecule has 1 unspecified atom stereocenters. The van der Waals surface area contributed by atoms with Gasteiger partial charge in [-0.25, -0.2) is 4.98 Å². The second-order valence-electron chi connectivity index (χ2n) is 7.20. The van der Waals surface area contributed by atoms with Gasteiger partial charge in [0.05, 0.1) is 5.69 Å². The van der Waals surface area contributed by atoms with Crippen LogP contribution in [0.15, 0.2) is 24.5 Å². The minimum atomic E-state index is 0.0967. The molecule has 136 valence electrons. The van der Waals surface area contributed by atoms with E-state index in [1.54, 1.807) is 6.92 Å². The first kappa shape index (κ1) is 18.1. The lowest BCUT2D eigenvalue weighted by atomic mass is 9.91. The molecule has 0 bridgehead atoms. The Bertz CT molecular complexity index is 965. The van der Waals surface area contributed by atoms with Crippen LogP contribution < -0.4 is 0 Å². The van der Waals surface area contributed by atoms with Gasteiger partial charge in [-0.05, 0) is 64.3 Å². The van der Waals surface area contributed by atoms with Crippen LogP contribution in [0.2, 0.25) is 0 Å². The van der Waals surface area contributed by atoms with Crippen molar-refractivity contribution in [3.05, 3.63) is 58.2 Å². The number of H-pyrrole nitrogens is 1. The van der Waals surface area contributed by atoms with Crippen LogP contribution in [0.1, 0.15) is 58.3 Å². The number of benzene rings is 1. The van der Waals surface area contributed by atoms with Crippen molar-refractivity contribution >= 4 is 5.78 Å². The topological polar surface area (TPSA) is 63.6 Å². The zero-order valence-electron chi connectivity index (χ0n) is 16.3. The van der Waals surface area contributed by atoms with E-state index in [0.717, 1.165) is 51.5 Å². The molecule has 1 N–H and O–H groups in total. The molecule has 0 aliphatic rings. The minimum Gasteiger partial charge on any atom is -0.328 e. The number of aromatic nitrogens is 4. The van der Waals surface area contributed by atoms with Crippen LogP contribution in [0.4, 0.5) is 0 Å². The summed E-state index contributed by atoms with van der Waals surface area (Å²) in [4.78, 5) is 16.8. The predicted octanol–water partition coefficient (Wildman–Crippen LogP) is 4.51. The largest absolute Gasteiger partial charge is 0.328 e. The molecule has 0 saturated heterocycles. The fourth-order valence-corrected chi connectivity index (χ4v) is 3.91. The summed E-state index contributed by atoms with van der Waals surface area (Å²) in [6.07, 6.45) is 4.65. The highest BCUT2D eigenvalue weighted by Crippen LogP contribution is 2.32. The van der Waals surface area contributed by atoms with Gasteiger partial charge in [-0.2, -0.15) is 5.10 Å². The molecule has 0 spiro atoms. The minimum absolute atomic E-state index is 0.0967. The molecule has 5 nitrogen and oxygen atoms in total. The molecular formula is C21H26N4O. The highest BCUT2D eigenvalue weighted by molar-refractivity contribution is 5.99. The van der Waals surface area contributed by atoms with Crippen molar-refractivity contribution in [3.63, 3.8) is 0 Å². The van der Waals surface area contributed by atoms with Crippen LogP contribution in [0.5, 0.6) is 0 Å². The Morgan fingerprint density at radius 1 is 1.19 bits per heavy atom. The molecule has 0 saturated carbocycles. The van der Waals surface area contributed by atoms with Crippen molar-refractivity contribution in [3.8, 4) is 11.4 Å². The third-order valence-corrected chi connectivity index (χ3v) is 4.95. The van der Waals surface area contributed by atoms with Gasteiger partial charge in [0, 0.05) is 41.7 Å². The summed E-state index contributed by atoms with van der Waals surface area (Å²) < 4.78 is 2.18. The summed E-state index contributed by atoms with van der Waals surface area (Å²) in [5.41, 5.74) is 7.12. The third kappa shape index (κ3) is 3.21. The Labute approximate surface area is 154 Å². The number of ketones is 1. The van der Waals surface area contributed by atoms with Gasteiger partial charge < -0.3 is 4.57 Å². The molecule has 26 heavy (non-hydrogen) atoms. The zero-order chi connectivity index (χ0) is 19.0. The Morgan fingerprint density at radius 3 is 2.54 bits per heavy atom. The van der Waals surface area contributed by atoms with E-state index in [4.69, 9.17) is 0 Å². The number of carbonyl (C=O) groups excluding carboxylic acids is 1. The van der Waals surface area contributed by atoms with E-state index in [2.05, 4.69) is 45.7 Å². The molecule has 1 atom stereocenters. The number of aromatic amines is 1. The van der Waals surface area contributed by atoms with E-state index in [0.29, 0.717) is 0 Å². The van der Waals surface area contributed by atoms with Gasteiger partial charge in [0.2, 0.25) is 0 Å². The molecular weight excluding hydrogens is 324 g/mol. The molecule has 2 aromatic heterocycles. The summed E-state index contributed by atoms with van der Waals surface area (Å²) >= 11 is 0. The van der Waals surface area contributed by atoms with E-state index in [9.17, 15) is 4.79 Å². The Hall–Kier alpha value is -2.69. The summed E-state index contributed by atoms with van der Waals surface area (Å²) in [6.45, 7) is 11.9. The van der Waals surface area contributed by atoms with Gasteiger partial charge in [0.15, 0.2) is 5.78 Å². The van der Waals surface area contributed by atoms with Gasteiger partial charge in [-0.15, -0.1) is 0 Å². The quantitative estimate of drug-likeness (QED) is 0.688. The van der Waals surface area contributed by atoms with Crippen molar-refractivity contribution in [1.29, 1.82) is 0 Å². The number of rotatable bonds is 5. The van der Waals surface area contributed by atoms with Gasteiger partial charge >= 0.3 is 0 Å². The first-order chi connectivity index (χ1) is 12.3. The Balaban J connectivity index is 2.06. The van der Waals surface area contributed by atoms with E-state index < -0.39 is 0 Å². The molecule has 5 heteroatoms. The maximum atomic E-state index is 12.1. The second-order valence-corrected chi connectivity index (χ2v) is 7.20. The van der Waals surface area contributed by atoms with E-state index in [-0.39, 0.29) is 11.8 Å². The van der Waals surface area contributed by atoms with E-state index >= 15 is 0 Å². The van der Waals surface area contributed by atoms with Gasteiger partial charge in [0.1, 0.15) is 5.82 Å². The van der Waals surface area contributed by atoms with Crippen LogP contribution in [0, 0.1) is 27.7 Å². The zero-order valence-corrected chi connectivity index (χ0v) is 16.3. The molecule has 1 aromatic carbocycles. The van der Waals surface area contributed by atoms with Crippen LogP contribution in [0.25, 0.3) is 11.4 Å². The van der Waals surface area contributed by atoms with Crippen molar-refractivity contribution < 1.29 is 4.79 Å². The van der Waals surface area contributed by atoms with Crippen molar-refractivity contribution in [1.82, 2.24) is 19.7 Å². The summed E-state index contributed by atoms with van der Waals surface area (Å²) in [7, 11) is 0. The molecule has 3 aromatic rings. The second kappa shape index (κ2) is 6.90. The van der Waals surface area contributed by atoms with Crippen molar-refractivity contribution in [2.24, 2.45) is 0 Å². The van der Waals surface area contributed by atoms with E-state index in [1.165, 1.54) is 0 Å². The molecule has 0 radical (unpaired) electrons. The normalized spacial score (nSPS) is 12.4. The average Bonchev–Trinajstić information content (AvgIpc) is 3.15. The number of nitrogens with one attached hydrogen (secondary N) is 1. The first-order valence-electron chi connectivity index (χ1n) is 8.95. The SMILES string of the molecule is CC(=O)c1c(C)cc(C)c(-c2nccn2C(C)Cc2cc(C)[nH]n2)c1C. The molecule has 0 fully saturated rings. The molecule has 0 aliphatic heterocycles. The fourth-order valence-electron chi connectivity index (χ4n) is 3.91. The monoisotopic (exact) mass is 350 g/mol. The average molecular weight is 350 g/mol. The van der Waals surface area contributed by atoms with Crippen LogP contribution >= 0.6 is 0 Å². The van der Waals surface area contributed by atoms with Crippen LogP contribution in [-0.4, -0.2) is 25.5 Å². The maximum Gasteiger partial charge on any atom is 0.160 e. The molecule has 3 rings (SSSR count). The Kier molecular flexibility index (Phi) is 4.81.